The summed E-state index contributed by atoms with van der Waals surface area (Å²) < 4.78 is 6.39. The number of nitrogens with zero attached hydrogens (tertiary/aromatic N) is 6. The van der Waals surface area contributed by atoms with Crippen molar-refractivity contribution in [2.45, 2.75) is 104 Å². The standard InChI is InChI=1S/C36H61N7O2/c1-9-19-36(29(6)45-12-4,41(8)39-31-15-13-28(5)14-16-31)38-34(30-17-22-40(7)23-18-30)37-32(10-2)42-24-20-35(21-25-42)26-43(27-35)33(44)11-3/h11,13,15,29-30,39H,3,9-10,12,14,16-27H2,1-2,4-8H3. The number of hydrazine groups is 1. The number of carbonyl (C=O) groups is 1. The molecule has 4 rings (SSSR count). The topological polar surface area (TPSA) is 76.0 Å². The fourth-order valence-corrected chi connectivity index (χ4v) is 7.55. The fourth-order valence-electron chi connectivity index (χ4n) is 7.55. The van der Waals surface area contributed by atoms with E-state index in [9.17, 15) is 4.79 Å². The van der Waals surface area contributed by atoms with Crippen molar-refractivity contribution in [3.63, 3.8) is 0 Å². The van der Waals surface area contributed by atoms with Crippen LogP contribution in [0, 0.1) is 11.3 Å². The second kappa shape index (κ2) is 15.9. The lowest BCUT2D eigenvalue weighted by Gasteiger charge is -2.54. The van der Waals surface area contributed by atoms with Crippen LogP contribution in [0.25, 0.3) is 0 Å². The molecule has 4 aliphatic rings. The number of piperidine rings is 2. The van der Waals surface area contributed by atoms with Crippen LogP contribution in [0.1, 0.15) is 92.4 Å². The van der Waals surface area contributed by atoms with Gasteiger partial charge in [0.25, 0.3) is 0 Å². The zero-order valence-electron chi connectivity index (χ0n) is 29.4. The average molecular weight is 624 g/mol. The van der Waals surface area contributed by atoms with Gasteiger partial charge in [-0.15, -0.1) is 0 Å². The quantitative estimate of drug-likeness (QED) is 0.132. The molecule has 3 aliphatic heterocycles. The maximum absolute atomic E-state index is 12.1. The van der Waals surface area contributed by atoms with Crippen LogP contribution in [0.2, 0.25) is 0 Å². The van der Waals surface area contributed by atoms with Crippen LogP contribution in [-0.4, -0.2) is 109 Å². The maximum atomic E-state index is 12.1. The van der Waals surface area contributed by atoms with Gasteiger partial charge in [-0.2, -0.15) is 5.01 Å². The molecular weight excluding hydrogens is 562 g/mol. The van der Waals surface area contributed by atoms with Gasteiger partial charge in [-0.25, -0.2) is 9.98 Å². The van der Waals surface area contributed by atoms with Crippen LogP contribution < -0.4 is 5.43 Å². The van der Waals surface area contributed by atoms with Crippen molar-refractivity contribution in [1.82, 2.24) is 25.1 Å². The van der Waals surface area contributed by atoms with Crippen molar-refractivity contribution in [3.05, 3.63) is 36.1 Å². The number of ether oxygens (including phenoxy) is 1. The number of allylic oxidation sites excluding steroid dienone is 4. The fraction of sp³-hybridized carbons (Fsp3) is 0.750. The molecule has 2 atom stereocenters. The minimum absolute atomic E-state index is 0.0560. The molecule has 3 saturated heterocycles. The molecule has 2 unspecified atom stereocenters. The van der Waals surface area contributed by atoms with E-state index in [1.807, 2.05) is 4.90 Å². The van der Waals surface area contributed by atoms with Crippen LogP contribution in [0.15, 0.2) is 46.1 Å². The van der Waals surface area contributed by atoms with Crippen molar-refractivity contribution in [2.24, 2.45) is 21.3 Å². The van der Waals surface area contributed by atoms with E-state index >= 15 is 0 Å². The molecule has 252 valence electrons. The Kier molecular flexibility index (Phi) is 12.5. The van der Waals surface area contributed by atoms with Crippen molar-refractivity contribution in [3.8, 4) is 0 Å². The summed E-state index contributed by atoms with van der Waals surface area (Å²) >= 11 is 0. The average Bonchev–Trinajstić information content (AvgIpc) is 3.02. The second-order valence-corrected chi connectivity index (χ2v) is 13.9. The molecule has 0 aromatic heterocycles. The number of likely N-dealkylation sites (tertiary alicyclic amines) is 3. The summed E-state index contributed by atoms with van der Waals surface area (Å²) in [5, 5.41) is 2.23. The van der Waals surface area contributed by atoms with E-state index in [-0.39, 0.29) is 17.4 Å². The van der Waals surface area contributed by atoms with E-state index in [0.717, 1.165) is 109 Å². The lowest BCUT2D eigenvalue weighted by molar-refractivity contribution is -0.140. The van der Waals surface area contributed by atoms with E-state index in [4.69, 9.17) is 14.7 Å². The normalized spacial score (nSPS) is 23.7. The van der Waals surface area contributed by atoms with Gasteiger partial charge in [0.15, 0.2) is 5.66 Å². The molecule has 0 aromatic rings. The molecule has 9 heteroatoms. The number of amidine groups is 2. The van der Waals surface area contributed by atoms with Crippen LogP contribution in [0.4, 0.5) is 0 Å². The molecule has 0 aromatic carbocycles. The van der Waals surface area contributed by atoms with E-state index in [0.29, 0.717) is 12.5 Å². The molecule has 1 amide bonds. The van der Waals surface area contributed by atoms with Gasteiger partial charge in [0.2, 0.25) is 5.91 Å². The number of rotatable bonds is 12. The Morgan fingerprint density at radius 2 is 1.84 bits per heavy atom. The first-order chi connectivity index (χ1) is 21.6. The first kappa shape index (κ1) is 35.4. The van der Waals surface area contributed by atoms with E-state index in [2.05, 4.69) is 87.7 Å². The Bertz CT molecular complexity index is 1140. The lowest BCUT2D eigenvalue weighted by Crippen LogP contribution is -2.62. The molecule has 1 N–H and O–H groups in total. The number of nitrogens with one attached hydrogen (secondary N) is 1. The first-order valence-corrected chi connectivity index (χ1v) is 17.6. The Morgan fingerprint density at radius 1 is 1.16 bits per heavy atom. The van der Waals surface area contributed by atoms with Crippen LogP contribution in [0.5, 0.6) is 0 Å². The number of carbonyl (C=O) groups excluding carboxylic acids is 1. The van der Waals surface area contributed by atoms with Gasteiger partial charge in [-0.3, -0.25) is 4.79 Å². The van der Waals surface area contributed by atoms with E-state index < -0.39 is 5.66 Å². The number of hydrogen-bond donors (Lipinski definition) is 1. The molecule has 3 fully saturated rings. The number of likely N-dealkylation sites (N-methyl/N-ethyl adjacent to an activating group) is 1. The van der Waals surface area contributed by atoms with Gasteiger partial charge in [0, 0.05) is 63.3 Å². The predicted molar refractivity (Wildman–Crippen MR) is 186 cm³/mol. The minimum Gasteiger partial charge on any atom is -0.375 e. The van der Waals surface area contributed by atoms with Gasteiger partial charge in [0.1, 0.15) is 11.7 Å². The third-order valence-corrected chi connectivity index (χ3v) is 10.6. The monoisotopic (exact) mass is 623 g/mol. The Morgan fingerprint density at radius 3 is 2.40 bits per heavy atom. The molecule has 0 radical (unpaired) electrons. The van der Waals surface area contributed by atoms with Crippen molar-refractivity contribution in [2.75, 3.05) is 60.0 Å². The zero-order chi connectivity index (χ0) is 32.6. The summed E-state index contributed by atoms with van der Waals surface area (Å²) in [5.74, 6) is 2.48. The second-order valence-electron chi connectivity index (χ2n) is 13.9. The van der Waals surface area contributed by atoms with E-state index in [1.54, 1.807) is 0 Å². The molecule has 1 spiro atoms. The lowest BCUT2D eigenvalue weighted by atomic mass is 9.72. The highest BCUT2D eigenvalue weighted by molar-refractivity contribution is 5.98. The smallest absolute Gasteiger partial charge is 0.245 e. The van der Waals surface area contributed by atoms with Gasteiger partial charge in [0.05, 0.1) is 6.10 Å². The zero-order valence-corrected chi connectivity index (χ0v) is 29.4. The molecule has 1 aliphatic carbocycles. The third-order valence-electron chi connectivity index (χ3n) is 10.6. The Hall–Kier alpha value is -2.49. The summed E-state index contributed by atoms with van der Waals surface area (Å²) in [6.45, 7) is 21.0. The van der Waals surface area contributed by atoms with Gasteiger partial charge in [-0.1, -0.05) is 38.5 Å². The predicted octanol–water partition coefficient (Wildman–Crippen LogP) is 5.63. The summed E-state index contributed by atoms with van der Waals surface area (Å²) in [6.07, 6.45) is 14.8. The summed E-state index contributed by atoms with van der Waals surface area (Å²) in [7, 11) is 4.35. The number of amides is 1. The molecule has 9 nitrogen and oxygen atoms in total. The number of hydrogen-bond acceptors (Lipinski definition) is 6. The van der Waals surface area contributed by atoms with Crippen molar-refractivity contribution < 1.29 is 9.53 Å². The molecule has 45 heavy (non-hydrogen) atoms. The number of aliphatic imine (C=N–C) groups is 2. The molecule has 0 saturated carbocycles. The van der Waals surface area contributed by atoms with Crippen LogP contribution in [-0.2, 0) is 9.53 Å². The van der Waals surface area contributed by atoms with E-state index in [1.165, 1.54) is 17.3 Å². The highest BCUT2D eigenvalue weighted by Crippen LogP contribution is 2.41. The molecular formula is C36H61N7O2. The summed E-state index contributed by atoms with van der Waals surface area (Å²) in [5.41, 5.74) is 6.02. The van der Waals surface area contributed by atoms with Crippen LogP contribution in [0.3, 0.4) is 0 Å². The minimum atomic E-state index is -0.609. The Balaban J connectivity index is 1.67. The van der Waals surface area contributed by atoms with Crippen LogP contribution >= 0.6 is 0 Å². The highest BCUT2D eigenvalue weighted by Gasteiger charge is 2.47. The van der Waals surface area contributed by atoms with Gasteiger partial charge >= 0.3 is 0 Å². The van der Waals surface area contributed by atoms with Gasteiger partial charge in [-0.05, 0) is 98.0 Å². The molecule has 3 heterocycles. The molecule has 0 bridgehead atoms. The summed E-state index contributed by atoms with van der Waals surface area (Å²) in [4.78, 5) is 30.2. The van der Waals surface area contributed by atoms with Crippen molar-refractivity contribution in [1.29, 1.82) is 0 Å². The third kappa shape index (κ3) is 8.46. The largest absolute Gasteiger partial charge is 0.375 e. The maximum Gasteiger partial charge on any atom is 0.245 e. The SMILES string of the molecule is C=CC(=O)N1CC2(CCN(C(CC)=NC(=NC(CCC)(C(C)OCC)N(C)NC3=CC=C(C)CC3)C3CCN(C)CC3)CC2)C1. The first-order valence-electron chi connectivity index (χ1n) is 17.6. The highest BCUT2D eigenvalue weighted by atomic mass is 16.5. The van der Waals surface area contributed by atoms with Crippen molar-refractivity contribution >= 4 is 17.6 Å². The summed E-state index contributed by atoms with van der Waals surface area (Å²) in [6, 6.07) is 0. The Labute approximate surface area is 273 Å². The van der Waals surface area contributed by atoms with Gasteiger partial charge < -0.3 is 24.9 Å².